The second-order valence-electron chi connectivity index (χ2n) is 8.16. The van der Waals surface area contributed by atoms with Crippen LogP contribution in [0.3, 0.4) is 0 Å². The van der Waals surface area contributed by atoms with Gasteiger partial charge in [-0.05, 0) is 45.7 Å². The van der Waals surface area contributed by atoms with E-state index in [1.54, 1.807) is 11.0 Å². The molecule has 2 aromatic heterocycles. The Morgan fingerprint density at radius 1 is 1.11 bits per heavy atom. The SMILES string of the molecule is CC(C)(C)OC(=O)N1C2CCC1CN(c1ccc3nnc(C(F)(F)F)n3n1)C2. The summed E-state index contributed by atoms with van der Waals surface area (Å²) in [5.41, 5.74) is -0.547. The first kappa shape index (κ1) is 18.8. The molecule has 0 aromatic carbocycles. The highest BCUT2D eigenvalue weighted by Crippen LogP contribution is 2.34. The lowest BCUT2D eigenvalue weighted by atomic mass is 10.2. The van der Waals surface area contributed by atoms with Crippen LogP contribution >= 0.6 is 0 Å². The molecule has 152 valence electrons. The Balaban J connectivity index is 1.57. The van der Waals surface area contributed by atoms with Crippen molar-refractivity contribution in [2.24, 2.45) is 0 Å². The number of hydrogen-bond acceptors (Lipinski definition) is 6. The molecule has 2 unspecified atom stereocenters. The van der Waals surface area contributed by atoms with Crippen molar-refractivity contribution in [3.63, 3.8) is 0 Å². The fraction of sp³-hybridized carbons (Fsp3) is 0.647. The third kappa shape index (κ3) is 3.33. The lowest BCUT2D eigenvalue weighted by Crippen LogP contribution is -2.57. The molecule has 1 amide bonds. The molecule has 2 aliphatic rings. The molecule has 28 heavy (non-hydrogen) atoms. The minimum atomic E-state index is -4.64. The van der Waals surface area contributed by atoms with E-state index in [-0.39, 0.29) is 23.8 Å². The number of carbonyl (C=O) groups is 1. The lowest BCUT2D eigenvalue weighted by Gasteiger charge is -2.41. The molecule has 11 heteroatoms. The molecular formula is C17H21F3N6O2. The Morgan fingerprint density at radius 3 is 2.32 bits per heavy atom. The summed E-state index contributed by atoms with van der Waals surface area (Å²) in [7, 11) is 0. The third-order valence-corrected chi connectivity index (χ3v) is 4.91. The second kappa shape index (κ2) is 6.21. The first-order chi connectivity index (χ1) is 13.0. The summed E-state index contributed by atoms with van der Waals surface area (Å²) in [5, 5.41) is 10.8. The van der Waals surface area contributed by atoms with E-state index in [9.17, 15) is 18.0 Å². The first-order valence-electron chi connectivity index (χ1n) is 9.09. The molecular weight excluding hydrogens is 377 g/mol. The molecule has 2 bridgehead atoms. The summed E-state index contributed by atoms with van der Waals surface area (Å²) in [5.74, 6) is -0.752. The monoisotopic (exact) mass is 398 g/mol. The summed E-state index contributed by atoms with van der Waals surface area (Å²) in [4.78, 5) is 16.2. The second-order valence-corrected chi connectivity index (χ2v) is 8.16. The van der Waals surface area contributed by atoms with Gasteiger partial charge < -0.3 is 9.64 Å². The number of amides is 1. The van der Waals surface area contributed by atoms with Gasteiger partial charge in [-0.15, -0.1) is 15.3 Å². The minimum absolute atomic E-state index is 0.0337. The van der Waals surface area contributed by atoms with E-state index < -0.39 is 17.6 Å². The summed E-state index contributed by atoms with van der Waals surface area (Å²) >= 11 is 0. The van der Waals surface area contributed by atoms with Crippen molar-refractivity contribution < 1.29 is 22.7 Å². The van der Waals surface area contributed by atoms with Crippen molar-refractivity contribution in [1.82, 2.24) is 24.7 Å². The maximum Gasteiger partial charge on any atom is 0.453 e. The van der Waals surface area contributed by atoms with E-state index in [0.717, 1.165) is 17.4 Å². The Morgan fingerprint density at radius 2 is 1.75 bits per heavy atom. The molecule has 0 N–H and O–H groups in total. The number of halogens is 3. The highest BCUT2D eigenvalue weighted by Gasteiger charge is 2.45. The van der Waals surface area contributed by atoms with Gasteiger partial charge in [0.05, 0.1) is 12.1 Å². The number of anilines is 1. The van der Waals surface area contributed by atoms with Crippen LogP contribution in [0.1, 0.15) is 39.4 Å². The average Bonchev–Trinajstić information content (AvgIpc) is 3.11. The number of rotatable bonds is 1. The number of alkyl halides is 3. The quantitative estimate of drug-likeness (QED) is 0.735. The van der Waals surface area contributed by atoms with Crippen LogP contribution in [0.4, 0.5) is 23.8 Å². The van der Waals surface area contributed by atoms with Crippen LogP contribution in [0.5, 0.6) is 0 Å². The number of carbonyl (C=O) groups excluding carboxylic acids is 1. The highest BCUT2D eigenvalue weighted by atomic mass is 19.4. The van der Waals surface area contributed by atoms with Gasteiger partial charge in [-0.25, -0.2) is 4.79 Å². The van der Waals surface area contributed by atoms with E-state index >= 15 is 0 Å². The van der Waals surface area contributed by atoms with Crippen molar-refractivity contribution in [2.75, 3.05) is 18.0 Å². The topological polar surface area (TPSA) is 75.9 Å². The van der Waals surface area contributed by atoms with Crippen LogP contribution < -0.4 is 4.90 Å². The number of ether oxygens (including phenoxy) is 1. The smallest absolute Gasteiger partial charge is 0.444 e. The molecule has 0 saturated carbocycles. The van der Waals surface area contributed by atoms with Crippen molar-refractivity contribution in [2.45, 2.75) is 57.5 Å². The van der Waals surface area contributed by atoms with Crippen LogP contribution in [0.25, 0.3) is 5.65 Å². The molecule has 4 rings (SSSR count). The van der Waals surface area contributed by atoms with E-state index in [2.05, 4.69) is 15.3 Å². The molecule has 0 radical (unpaired) electrons. The molecule has 2 saturated heterocycles. The highest BCUT2D eigenvalue weighted by molar-refractivity contribution is 5.70. The number of hydrogen-bond donors (Lipinski definition) is 0. The average molecular weight is 398 g/mol. The molecule has 0 aliphatic carbocycles. The Hall–Kier alpha value is -2.59. The summed E-state index contributed by atoms with van der Waals surface area (Å²) in [6.07, 6.45) is -3.34. The van der Waals surface area contributed by atoms with Crippen molar-refractivity contribution in [3.8, 4) is 0 Å². The molecule has 2 atom stereocenters. The first-order valence-corrected chi connectivity index (χ1v) is 9.09. The molecule has 2 aliphatic heterocycles. The standard InChI is InChI=1S/C17H21F3N6O2/c1-16(2,3)28-15(27)25-10-4-5-11(25)9-24(8-10)13-7-6-12-21-22-14(17(18,19)20)26(12)23-13/h6-7,10-11H,4-5,8-9H2,1-3H3. The van der Waals surface area contributed by atoms with E-state index in [1.165, 1.54) is 6.07 Å². The predicted molar refractivity (Wildman–Crippen MR) is 92.9 cm³/mol. The van der Waals surface area contributed by atoms with Gasteiger partial charge in [0.2, 0.25) is 0 Å². The third-order valence-electron chi connectivity index (χ3n) is 4.91. The minimum Gasteiger partial charge on any atom is -0.444 e. The van der Waals surface area contributed by atoms with Crippen LogP contribution in [-0.4, -0.2) is 61.6 Å². The van der Waals surface area contributed by atoms with Crippen LogP contribution in [0.2, 0.25) is 0 Å². The maximum atomic E-state index is 13.1. The van der Waals surface area contributed by atoms with Gasteiger partial charge in [0.1, 0.15) is 11.4 Å². The molecule has 2 fully saturated rings. The van der Waals surface area contributed by atoms with Gasteiger partial charge in [-0.3, -0.25) is 4.90 Å². The van der Waals surface area contributed by atoms with Gasteiger partial charge in [0.15, 0.2) is 5.65 Å². The van der Waals surface area contributed by atoms with Crippen molar-refractivity contribution in [1.29, 1.82) is 0 Å². The van der Waals surface area contributed by atoms with Crippen LogP contribution in [-0.2, 0) is 10.9 Å². The molecule has 2 aromatic rings. The fourth-order valence-electron chi connectivity index (χ4n) is 3.83. The molecule has 4 heterocycles. The largest absolute Gasteiger partial charge is 0.453 e. The van der Waals surface area contributed by atoms with Crippen molar-refractivity contribution in [3.05, 3.63) is 18.0 Å². The van der Waals surface area contributed by atoms with Crippen molar-refractivity contribution >= 4 is 17.6 Å². The van der Waals surface area contributed by atoms with Crippen LogP contribution in [0, 0.1) is 0 Å². The zero-order chi connectivity index (χ0) is 20.3. The summed E-state index contributed by atoms with van der Waals surface area (Å²) < 4.78 is 45.5. The number of aromatic nitrogens is 4. The number of piperazine rings is 1. The normalized spacial score (nSPS) is 22.8. The maximum absolute atomic E-state index is 13.1. The van der Waals surface area contributed by atoms with Gasteiger partial charge in [-0.2, -0.15) is 17.7 Å². The van der Waals surface area contributed by atoms with Crippen LogP contribution in [0.15, 0.2) is 12.1 Å². The number of fused-ring (bicyclic) bond motifs is 3. The van der Waals surface area contributed by atoms with E-state index in [1.807, 2.05) is 25.7 Å². The Kier molecular flexibility index (Phi) is 4.16. The van der Waals surface area contributed by atoms with Gasteiger partial charge in [-0.1, -0.05) is 0 Å². The van der Waals surface area contributed by atoms with Gasteiger partial charge in [0.25, 0.3) is 5.82 Å². The lowest BCUT2D eigenvalue weighted by molar-refractivity contribution is -0.146. The van der Waals surface area contributed by atoms with E-state index in [0.29, 0.717) is 18.9 Å². The fourth-order valence-corrected chi connectivity index (χ4v) is 3.83. The zero-order valence-electron chi connectivity index (χ0n) is 15.8. The Labute approximate surface area is 159 Å². The van der Waals surface area contributed by atoms with Gasteiger partial charge in [0, 0.05) is 13.1 Å². The summed E-state index contributed by atoms with van der Waals surface area (Å²) in [6, 6.07) is 2.97. The zero-order valence-corrected chi connectivity index (χ0v) is 15.8. The number of nitrogens with zero attached hydrogens (tertiary/aromatic N) is 6. The molecule has 8 nitrogen and oxygen atoms in total. The Bertz CT molecular complexity index is 892. The molecule has 0 spiro atoms. The predicted octanol–water partition coefficient (Wildman–Crippen LogP) is 2.73. The summed E-state index contributed by atoms with van der Waals surface area (Å²) in [6.45, 7) is 6.42. The van der Waals surface area contributed by atoms with Gasteiger partial charge >= 0.3 is 12.3 Å². The van der Waals surface area contributed by atoms with E-state index in [4.69, 9.17) is 4.74 Å².